The van der Waals surface area contributed by atoms with E-state index >= 15 is 0 Å². The lowest BCUT2D eigenvalue weighted by Crippen LogP contribution is -2.19. The van der Waals surface area contributed by atoms with Gasteiger partial charge in [0, 0.05) is 19.7 Å². The van der Waals surface area contributed by atoms with E-state index < -0.39 is 0 Å². The number of nitrogens with zero attached hydrogens (tertiary/aromatic N) is 2. The van der Waals surface area contributed by atoms with Crippen LogP contribution in [0.1, 0.15) is 10.4 Å². The number of likely N-dealkylation sites (N-methyl/N-ethyl adjacent to an activating group) is 1. The number of nitrogens with one attached hydrogen (secondary N) is 1. The Morgan fingerprint density at radius 2 is 1.88 bits per heavy atom. The maximum absolute atomic E-state index is 11.7. The van der Waals surface area contributed by atoms with Gasteiger partial charge in [-0.05, 0) is 25.2 Å². The monoisotopic (exact) mass is 233 g/mol. The smallest absolute Gasteiger partial charge is 0.313 e. The fourth-order valence-electron chi connectivity index (χ4n) is 1.94. The number of Topliss-reactive ketones (excluding diaryl/α,β-unsaturated/α-hetero) is 1. The Morgan fingerprint density at radius 3 is 2.53 bits per heavy atom. The van der Waals surface area contributed by atoms with Crippen molar-refractivity contribution in [3.05, 3.63) is 34.2 Å². The highest BCUT2D eigenvalue weighted by atomic mass is 16.1. The molecule has 0 aliphatic heterocycles. The van der Waals surface area contributed by atoms with Gasteiger partial charge in [0.15, 0.2) is 5.78 Å². The molecule has 0 saturated carbocycles. The van der Waals surface area contributed by atoms with Crippen molar-refractivity contribution in [2.75, 3.05) is 13.6 Å². The van der Waals surface area contributed by atoms with Crippen LogP contribution in [0.2, 0.25) is 0 Å². The summed E-state index contributed by atoms with van der Waals surface area (Å²) in [5.41, 5.74) is 2.14. The molecule has 1 heterocycles. The lowest BCUT2D eigenvalue weighted by molar-refractivity contribution is 0.0993. The van der Waals surface area contributed by atoms with E-state index in [4.69, 9.17) is 0 Å². The number of fused-ring (bicyclic) bond motifs is 1. The van der Waals surface area contributed by atoms with Gasteiger partial charge in [0.2, 0.25) is 0 Å². The van der Waals surface area contributed by atoms with Crippen LogP contribution < -0.4 is 11.0 Å². The van der Waals surface area contributed by atoms with Crippen LogP contribution in [0.4, 0.5) is 0 Å². The number of carbonyl (C=O) groups excluding carboxylic acids is 1. The van der Waals surface area contributed by atoms with Gasteiger partial charge in [-0.3, -0.25) is 13.9 Å². The number of aryl methyl sites for hydroxylation is 2. The first-order valence-corrected chi connectivity index (χ1v) is 5.39. The predicted octanol–water partition coefficient (Wildman–Crippen LogP) is 0.279. The summed E-state index contributed by atoms with van der Waals surface area (Å²) in [6, 6.07) is 5.32. The minimum Gasteiger partial charge on any atom is -0.313 e. The maximum Gasteiger partial charge on any atom is 0.328 e. The molecular weight excluding hydrogens is 218 g/mol. The molecule has 0 aliphatic carbocycles. The SMILES string of the molecule is CNCC(=O)c1ccc2c(c1)n(C)c(=O)n2C. The van der Waals surface area contributed by atoms with Crippen LogP contribution in [-0.2, 0) is 14.1 Å². The fourth-order valence-corrected chi connectivity index (χ4v) is 1.94. The van der Waals surface area contributed by atoms with Crippen LogP contribution in [0.25, 0.3) is 11.0 Å². The Labute approximate surface area is 98.7 Å². The zero-order valence-corrected chi connectivity index (χ0v) is 10.2. The molecule has 1 aromatic carbocycles. The highest BCUT2D eigenvalue weighted by Gasteiger charge is 2.11. The molecule has 90 valence electrons. The number of hydrogen-bond acceptors (Lipinski definition) is 3. The molecule has 0 spiro atoms. The molecule has 0 amide bonds. The molecule has 17 heavy (non-hydrogen) atoms. The third-order valence-corrected chi connectivity index (χ3v) is 2.93. The minimum atomic E-state index is -0.0850. The maximum atomic E-state index is 11.7. The zero-order chi connectivity index (χ0) is 12.6. The average molecular weight is 233 g/mol. The Balaban J connectivity index is 2.62. The highest BCUT2D eigenvalue weighted by molar-refractivity contribution is 6.00. The molecule has 0 bridgehead atoms. The standard InChI is InChI=1S/C12H15N3O2/c1-13-7-11(16)8-4-5-9-10(6-8)15(3)12(17)14(9)2/h4-6,13H,7H2,1-3H3. The lowest BCUT2D eigenvalue weighted by Gasteiger charge is -2.01. The first-order chi connectivity index (χ1) is 8.06. The normalized spacial score (nSPS) is 11.0. The number of rotatable bonds is 3. The van der Waals surface area contributed by atoms with Crippen molar-refractivity contribution in [1.82, 2.24) is 14.5 Å². The summed E-state index contributed by atoms with van der Waals surface area (Å²) >= 11 is 0. The minimum absolute atomic E-state index is 0.0192. The van der Waals surface area contributed by atoms with Gasteiger partial charge in [0.05, 0.1) is 17.6 Å². The first-order valence-electron chi connectivity index (χ1n) is 5.39. The average Bonchev–Trinajstić information content (AvgIpc) is 2.55. The van der Waals surface area contributed by atoms with E-state index in [1.807, 2.05) is 0 Å². The molecule has 0 saturated heterocycles. The Kier molecular flexibility index (Phi) is 2.85. The topological polar surface area (TPSA) is 56.0 Å². The predicted molar refractivity (Wildman–Crippen MR) is 66.4 cm³/mol. The Hall–Kier alpha value is -1.88. The van der Waals surface area contributed by atoms with E-state index in [0.717, 1.165) is 11.0 Å². The van der Waals surface area contributed by atoms with Crippen molar-refractivity contribution >= 4 is 16.8 Å². The van der Waals surface area contributed by atoms with E-state index in [0.29, 0.717) is 12.1 Å². The number of benzene rings is 1. The number of aromatic nitrogens is 2. The molecule has 1 N–H and O–H groups in total. The molecule has 2 rings (SSSR count). The van der Waals surface area contributed by atoms with Crippen molar-refractivity contribution in [2.45, 2.75) is 0 Å². The van der Waals surface area contributed by atoms with Gasteiger partial charge in [-0.2, -0.15) is 0 Å². The second-order valence-electron chi connectivity index (χ2n) is 4.06. The van der Waals surface area contributed by atoms with Crippen LogP contribution in [0.5, 0.6) is 0 Å². The summed E-state index contributed by atoms with van der Waals surface area (Å²) in [4.78, 5) is 23.5. The van der Waals surface area contributed by atoms with Gasteiger partial charge in [-0.15, -0.1) is 0 Å². The molecule has 0 fully saturated rings. The number of hydrogen-bond donors (Lipinski definition) is 1. The molecule has 5 nitrogen and oxygen atoms in total. The van der Waals surface area contributed by atoms with Crippen LogP contribution in [0.3, 0.4) is 0 Å². The molecule has 0 aliphatic rings. The van der Waals surface area contributed by atoms with E-state index in [9.17, 15) is 9.59 Å². The van der Waals surface area contributed by atoms with Gasteiger partial charge in [0.25, 0.3) is 0 Å². The molecule has 0 atom stereocenters. The highest BCUT2D eigenvalue weighted by Crippen LogP contribution is 2.14. The molecule has 5 heteroatoms. The van der Waals surface area contributed by atoms with Crippen LogP contribution in [0, 0.1) is 0 Å². The van der Waals surface area contributed by atoms with Crippen LogP contribution >= 0.6 is 0 Å². The largest absolute Gasteiger partial charge is 0.328 e. The van der Waals surface area contributed by atoms with Gasteiger partial charge < -0.3 is 5.32 Å². The second kappa shape index (κ2) is 4.18. The van der Waals surface area contributed by atoms with Gasteiger partial charge in [-0.1, -0.05) is 0 Å². The van der Waals surface area contributed by atoms with E-state index in [-0.39, 0.29) is 11.5 Å². The summed E-state index contributed by atoms with van der Waals surface area (Å²) in [5.74, 6) is 0.0192. The molecule has 0 radical (unpaired) electrons. The van der Waals surface area contributed by atoms with E-state index in [2.05, 4.69) is 5.32 Å². The number of ketones is 1. The van der Waals surface area contributed by atoms with Crippen molar-refractivity contribution in [3.63, 3.8) is 0 Å². The van der Waals surface area contributed by atoms with Gasteiger partial charge in [0.1, 0.15) is 0 Å². The lowest BCUT2D eigenvalue weighted by atomic mass is 10.1. The summed E-state index contributed by atoms with van der Waals surface area (Å²) in [6.07, 6.45) is 0. The summed E-state index contributed by atoms with van der Waals surface area (Å²) in [7, 11) is 5.16. The van der Waals surface area contributed by atoms with E-state index in [1.54, 1.807) is 48.5 Å². The second-order valence-corrected chi connectivity index (χ2v) is 4.06. The van der Waals surface area contributed by atoms with Crippen molar-refractivity contribution in [1.29, 1.82) is 0 Å². The van der Waals surface area contributed by atoms with Gasteiger partial charge in [-0.25, -0.2) is 4.79 Å². The van der Waals surface area contributed by atoms with Crippen LogP contribution in [0.15, 0.2) is 23.0 Å². The quantitative estimate of drug-likeness (QED) is 0.775. The Bertz CT molecular complexity index is 637. The van der Waals surface area contributed by atoms with E-state index in [1.165, 1.54) is 0 Å². The summed E-state index contributed by atoms with van der Waals surface area (Å²) in [6.45, 7) is 0.298. The Morgan fingerprint density at radius 1 is 1.24 bits per heavy atom. The molecular formula is C12H15N3O2. The first kappa shape index (κ1) is 11.6. The third kappa shape index (κ3) is 1.78. The van der Waals surface area contributed by atoms with Crippen molar-refractivity contribution in [3.8, 4) is 0 Å². The zero-order valence-electron chi connectivity index (χ0n) is 10.2. The van der Waals surface area contributed by atoms with Gasteiger partial charge >= 0.3 is 5.69 Å². The third-order valence-electron chi connectivity index (χ3n) is 2.93. The molecule has 2 aromatic rings. The van der Waals surface area contributed by atoms with Crippen molar-refractivity contribution in [2.24, 2.45) is 14.1 Å². The molecule has 0 unspecified atom stereocenters. The fraction of sp³-hybridized carbons (Fsp3) is 0.333. The number of carbonyl (C=O) groups is 1. The summed E-state index contributed by atoms with van der Waals surface area (Å²) < 4.78 is 3.12. The molecule has 1 aromatic heterocycles. The summed E-state index contributed by atoms with van der Waals surface area (Å²) in [5, 5.41) is 2.82. The number of imidazole rings is 1. The van der Waals surface area contributed by atoms with Crippen molar-refractivity contribution < 1.29 is 4.79 Å². The van der Waals surface area contributed by atoms with Crippen LogP contribution in [-0.4, -0.2) is 28.5 Å².